The number of carbonyl (C=O) groups is 2. The van der Waals surface area contributed by atoms with Gasteiger partial charge >= 0.3 is 5.97 Å². The summed E-state index contributed by atoms with van der Waals surface area (Å²) >= 11 is 5.73. The molecule has 7 heteroatoms. The molecule has 0 aliphatic heterocycles. The van der Waals surface area contributed by atoms with Gasteiger partial charge in [-0.15, -0.1) is 0 Å². The highest BCUT2D eigenvalue weighted by molar-refractivity contribution is 7.80. The second-order valence-corrected chi connectivity index (χ2v) is 7.62. The first-order chi connectivity index (χ1) is 12.9. The first-order valence-corrected chi connectivity index (χ1v) is 9.75. The standard InChI is InChI=1S/C20H29N3O3S/c1-14(24)22-12-11-20(9-3-4-10-20)19(27)23-17(18(25)26-2)13-15-5-7-16(21)8-6-15/h5-8,17H,3-4,9-13,21H2,1-2H3,(H,22,24)(H,23,27)/t17-/m0/s1. The van der Waals surface area contributed by atoms with Crippen LogP contribution in [0.15, 0.2) is 24.3 Å². The molecule has 1 saturated carbocycles. The maximum Gasteiger partial charge on any atom is 0.328 e. The first-order valence-electron chi connectivity index (χ1n) is 9.34. The Bertz CT molecular complexity index is 670. The van der Waals surface area contributed by atoms with Crippen molar-refractivity contribution < 1.29 is 14.3 Å². The number of rotatable bonds is 8. The summed E-state index contributed by atoms with van der Waals surface area (Å²) in [6, 6.07) is 6.88. The van der Waals surface area contributed by atoms with Gasteiger partial charge in [-0.05, 0) is 37.0 Å². The number of amides is 1. The number of anilines is 1. The van der Waals surface area contributed by atoms with Crippen molar-refractivity contribution in [2.75, 3.05) is 19.4 Å². The molecule has 1 atom stereocenters. The number of benzene rings is 1. The average molecular weight is 392 g/mol. The van der Waals surface area contributed by atoms with Gasteiger partial charge in [0.05, 0.1) is 12.1 Å². The van der Waals surface area contributed by atoms with Crippen molar-refractivity contribution in [3.63, 3.8) is 0 Å². The van der Waals surface area contributed by atoms with Gasteiger partial charge in [-0.3, -0.25) is 4.79 Å². The summed E-state index contributed by atoms with van der Waals surface area (Å²) in [6.07, 6.45) is 5.37. The van der Waals surface area contributed by atoms with Crippen LogP contribution in [-0.4, -0.2) is 36.6 Å². The summed E-state index contributed by atoms with van der Waals surface area (Å²) in [5, 5.41) is 6.12. The minimum atomic E-state index is -0.552. The zero-order valence-electron chi connectivity index (χ0n) is 16.0. The highest BCUT2D eigenvalue weighted by Crippen LogP contribution is 2.42. The highest BCUT2D eigenvalue weighted by atomic mass is 32.1. The molecule has 0 heterocycles. The van der Waals surface area contributed by atoms with Crippen molar-refractivity contribution in [3.05, 3.63) is 29.8 Å². The van der Waals surface area contributed by atoms with Crippen molar-refractivity contribution in [1.82, 2.24) is 10.6 Å². The molecule has 1 aliphatic carbocycles. The molecule has 0 spiro atoms. The van der Waals surface area contributed by atoms with E-state index >= 15 is 0 Å². The Hall–Kier alpha value is -2.15. The molecular formula is C20H29N3O3S. The third-order valence-electron chi connectivity index (χ3n) is 5.23. The lowest BCUT2D eigenvalue weighted by molar-refractivity contribution is -0.142. The van der Waals surface area contributed by atoms with Gasteiger partial charge in [0.25, 0.3) is 0 Å². The van der Waals surface area contributed by atoms with Crippen molar-refractivity contribution in [3.8, 4) is 0 Å². The summed E-state index contributed by atoms with van der Waals surface area (Å²) in [6.45, 7) is 2.09. The summed E-state index contributed by atoms with van der Waals surface area (Å²) in [4.78, 5) is 24.2. The molecule has 1 aliphatic rings. The molecule has 1 aromatic carbocycles. The van der Waals surface area contributed by atoms with Gasteiger partial charge in [-0.2, -0.15) is 0 Å². The van der Waals surface area contributed by atoms with Gasteiger partial charge in [0, 0.05) is 31.0 Å². The normalized spacial score (nSPS) is 16.4. The Morgan fingerprint density at radius 1 is 1.26 bits per heavy atom. The van der Waals surface area contributed by atoms with Crippen LogP contribution in [0, 0.1) is 5.41 Å². The molecule has 2 rings (SSSR count). The van der Waals surface area contributed by atoms with Crippen LogP contribution < -0.4 is 16.4 Å². The Morgan fingerprint density at radius 2 is 1.89 bits per heavy atom. The van der Waals surface area contributed by atoms with E-state index in [1.165, 1.54) is 14.0 Å². The fraction of sp³-hybridized carbons (Fsp3) is 0.550. The van der Waals surface area contributed by atoms with Crippen LogP contribution in [-0.2, 0) is 20.7 Å². The van der Waals surface area contributed by atoms with E-state index in [1.807, 2.05) is 24.3 Å². The topological polar surface area (TPSA) is 93.4 Å². The molecule has 1 fully saturated rings. The van der Waals surface area contributed by atoms with Crippen molar-refractivity contribution in [1.29, 1.82) is 0 Å². The number of carbonyl (C=O) groups excluding carboxylic acids is 2. The van der Waals surface area contributed by atoms with E-state index in [0.29, 0.717) is 23.6 Å². The molecule has 27 heavy (non-hydrogen) atoms. The maximum absolute atomic E-state index is 12.3. The van der Waals surface area contributed by atoms with Crippen LogP contribution in [0.4, 0.5) is 5.69 Å². The Labute approximate surface area is 166 Å². The van der Waals surface area contributed by atoms with Crippen LogP contribution in [0.3, 0.4) is 0 Å². The number of nitrogens with two attached hydrogens (primary N) is 1. The number of ether oxygens (including phenoxy) is 1. The minimum absolute atomic E-state index is 0.0437. The predicted molar refractivity (Wildman–Crippen MR) is 110 cm³/mol. The molecule has 0 saturated heterocycles. The number of thiocarbonyl (C=S) groups is 1. The van der Waals surface area contributed by atoms with Gasteiger partial charge < -0.3 is 21.1 Å². The second-order valence-electron chi connectivity index (χ2n) is 7.22. The van der Waals surface area contributed by atoms with Crippen LogP contribution >= 0.6 is 12.2 Å². The summed E-state index contributed by atoms with van der Waals surface area (Å²) in [5.41, 5.74) is 7.22. The number of esters is 1. The molecular weight excluding hydrogens is 362 g/mol. The van der Waals surface area contributed by atoms with E-state index < -0.39 is 6.04 Å². The second kappa shape index (κ2) is 9.69. The monoisotopic (exact) mass is 391 g/mol. The van der Waals surface area contributed by atoms with Gasteiger partial charge in [-0.25, -0.2) is 4.79 Å². The fourth-order valence-electron chi connectivity index (χ4n) is 3.66. The zero-order valence-corrected chi connectivity index (χ0v) is 16.9. The Balaban J connectivity index is 2.09. The number of hydrogen-bond donors (Lipinski definition) is 3. The van der Waals surface area contributed by atoms with E-state index in [4.69, 9.17) is 22.7 Å². The lowest BCUT2D eigenvalue weighted by atomic mass is 9.82. The maximum atomic E-state index is 12.3. The molecule has 1 amide bonds. The molecule has 4 N–H and O–H groups in total. The number of methoxy groups -OCH3 is 1. The van der Waals surface area contributed by atoms with Gasteiger partial charge in [-0.1, -0.05) is 37.2 Å². The summed E-state index contributed by atoms with van der Waals surface area (Å²) in [5.74, 6) is -0.387. The quantitative estimate of drug-likeness (QED) is 0.358. The van der Waals surface area contributed by atoms with Crippen molar-refractivity contribution in [2.24, 2.45) is 5.41 Å². The zero-order chi connectivity index (χ0) is 19.9. The lowest BCUT2D eigenvalue weighted by Crippen LogP contribution is -2.49. The SMILES string of the molecule is COC(=O)[C@H](Cc1ccc(N)cc1)NC(=S)C1(CCNC(C)=O)CCCC1. The molecule has 0 radical (unpaired) electrons. The van der Waals surface area contributed by atoms with Crippen molar-refractivity contribution >= 4 is 34.8 Å². The van der Waals surface area contributed by atoms with E-state index in [1.54, 1.807) is 0 Å². The van der Waals surface area contributed by atoms with E-state index in [0.717, 1.165) is 37.7 Å². The van der Waals surface area contributed by atoms with E-state index in [2.05, 4.69) is 10.6 Å². The highest BCUT2D eigenvalue weighted by Gasteiger charge is 2.39. The fourth-order valence-corrected chi connectivity index (χ4v) is 4.10. The molecule has 148 valence electrons. The first kappa shape index (κ1) is 21.2. The third kappa shape index (κ3) is 5.92. The molecule has 0 unspecified atom stereocenters. The number of nitrogens with one attached hydrogen (secondary N) is 2. The minimum Gasteiger partial charge on any atom is -0.467 e. The number of nitrogen functional groups attached to an aromatic ring is 1. The van der Waals surface area contributed by atoms with Gasteiger partial charge in [0.1, 0.15) is 6.04 Å². The molecule has 0 aromatic heterocycles. The third-order valence-corrected chi connectivity index (χ3v) is 5.78. The van der Waals surface area contributed by atoms with Gasteiger partial charge in [0.2, 0.25) is 5.91 Å². The van der Waals surface area contributed by atoms with Crippen LogP contribution in [0.1, 0.15) is 44.6 Å². The molecule has 1 aromatic rings. The average Bonchev–Trinajstić information content (AvgIpc) is 3.12. The predicted octanol–water partition coefficient (Wildman–Crippen LogP) is 2.36. The van der Waals surface area contributed by atoms with Crippen LogP contribution in [0.5, 0.6) is 0 Å². The molecule has 0 bridgehead atoms. The van der Waals surface area contributed by atoms with Crippen molar-refractivity contribution in [2.45, 2.75) is 51.5 Å². The van der Waals surface area contributed by atoms with E-state index in [-0.39, 0.29) is 17.3 Å². The molecule has 6 nitrogen and oxygen atoms in total. The van der Waals surface area contributed by atoms with E-state index in [9.17, 15) is 9.59 Å². The Kier molecular flexibility index (Phi) is 7.59. The summed E-state index contributed by atoms with van der Waals surface area (Å²) < 4.78 is 4.97. The Morgan fingerprint density at radius 3 is 2.44 bits per heavy atom. The largest absolute Gasteiger partial charge is 0.467 e. The van der Waals surface area contributed by atoms with Crippen LogP contribution in [0.2, 0.25) is 0 Å². The lowest BCUT2D eigenvalue weighted by Gasteiger charge is -2.32. The van der Waals surface area contributed by atoms with Gasteiger partial charge in [0.15, 0.2) is 0 Å². The smallest absolute Gasteiger partial charge is 0.328 e. The number of hydrogen-bond acceptors (Lipinski definition) is 5. The van der Waals surface area contributed by atoms with Crippen LogP contribution in [0.25, 0.3) is 0 Å². The summed E-state index contributed by atoms with van der Waals surface area (Å²) in [7, 11) is 1.38.